The molecular formula is C15H11F2NO4. The highest BCUT2D eigenvalue weighted by Crippen LogP contribution is 2.12. The molecule has 0 fully saturated rings. The highest BCUT2D eigenvalue weighted by molar-refractivity contribution is 5.99. The fraction of sp³-hybridized carbons (Fsp3) is 0.133. The van der Waals surface area contributed by atoms with Crippen molar-refractivity contribution in [3.05, 3.63) is 59.3 Å². The van der Waals surface area contributed by atoms with Crippen molar-refractivity contribution in [3.8, 4) is 5.88 Å². The van der Waals surface area contributed by atoms with Crippen LogP contribution in [0.4, 0.5) is 8.78 Å². The maximum absolute atomic E-state index is 13.4. The first-order chi connectivity index (χ1) is 10.5. The lowest BCUT2D eigenvalue weighted by atomic mass is 10.1. The number of ketones is 1. The van der Waals surface area contributed by atoms with E-state index in [1.54, 1.807) is 0 Å². The van der Waals surface area contributed by atoms with Crippen LogP contribution in [0.2, 0.25) is 0 Å². The molecule has 2 rings (SSSR count). The molecule has 2 aromatic rings. The lowest BCUT2D eigenvalue weighted by Crippen LogP contribution is -2.15. The molecule has 1 aromatic heterocycles. The van der Waals surface area contributed by atoms with Crippen LogP contribution in [0.3, 0.4) is 0 Å². The Morgan fingerprint density at radius 1 is 1.18 bits per heavy atom. The topological polar surface area (TPSA) is 65.5 Å². The van der Waals surface area contributed by atoms with Crippen LogP contribution in [-0.2, 0) is 4.74 Å². The van der Waals surface area contributed by atoms with Gasteiger partial charge in [-0.2, -0.15) is 0 Å². The monoisotopic (exact) mass is 307 g/mol. The number of nitrogens with zero attached hydrogens (tertiary/aromatic N) is 1. The smallest absolute Gasteiger partial charge is 0.340 e. The summed E-state index contributed by atoms with van der Waals surface area (Å²) in [5.41, 5.74) is -0.367. The van der Waals surface area contributed by atoms with Crippen LogP contribution in [0.1, 0.15) is 20.7 Å². The summed E-state index contributed by atoms with van der Waals surface area (Å²) < 4.78 is 36.0. The Kier molecular flexibility index (Phi) is 4.77. The van der Waals surface area contributed by atoms with E-state index in [9.17, 15) is 18.4 Å². The van der Waals surface area contributed by atoms with Gasteiger partial charge in [0.2, 0.25) is 11.7 Å². The van der Waals surface area contributed by atoms with E-state index in [1.807, 2.05) is 0 Å². The van der Waals surface area contributed by atoms with Crippen molar-refractivity contribution in [1.29, 1.82) is 0 Å². The molecule has 0 saturated heterocycles. The maximum Gasteiger partial charge on any atom is 0.340 e. The summed E-state index contributed by atoms with van der Waals surface area (Å²) in [6, 6.07) is 5.32. The van der Waals surface area contributed by atoms with Crippen LogP contribution in [-0.4, -0.2) is 30.5 Å². The number of halogens is 2. The second kappa shape index (κ2) is 6.75. The second-order valence-corrected chi connectivity index (χ2v) is 4.21. The molecule has 5 nitrogen and oxygen atoms in total. The number of carbonyl (C=O) groups excluding carboxylic acids is 2. The fourth-order valence-corrected chi connectivity index (χ4v) is 1.63. The summed E-state index contributed by atoms with van der Waals surface area (Å²) in [4.78, 5) is 27.3. The number of carbonyl (C=O) groups is 2. The van der Waals surface area contributed by atoms with Crippen molar-refractivity contribution in [2.75, 3.05) is 13.7 Å². The minimum Gasteiger partial charge on any atom is -0.481 e. The number of hydrogen-bond acceptors (Lipinski definition) is 5. The molecule has 0 unspecified atom stereocenters. The zero-order valence-corrected chi connectivity index (χ0v) is 11.5. The van der Waals surface area contributed by atoms with Crippen LogP contribution in [0.5, 0.6) is 5.88 Å². The third-order valence-electron chi connectivity index (χ3n) is 2.74. The molecule has 1 aromatic carbocycles. The van der Waals surface area contributed by atoms with Crippen LogP contribution >= 0.6 is 0 Å². The molecular weight excluding hydrogens is 296 g/mol. The third-order valence-corrected chi connectivity index (χ3v) is 2.74. The van der Waals surface area contributed by atoms with Crippen molar-refractivity contribution in [3.63, 3.8) is 0 Å². The SMILES string of the molecule is COc1ccc(C(=O)OCC(=O)c2cc(F)ccc2F)cn1. The largest absolute Gasteiger partial charge is 0.481 e. The Balaban J connectivity index is 2.00. The molecule has 0 N–H and O–H groups in total. The molecule has 1 heterocycles. The Labute approximate surface area is 124 Å². The quantitative estimate of drug-likeness (QED) is 0.627. The summed E-state index contributed by atoms with van der Waals surface area (Å²) in [7, 11) is 1.42. The van der Waals surface area contributed by atoms with E-state index < -0.39 is 35.6 Å². The summed E-state index contributed by atoms with van der Waals surface area (Å²) in [5.74, 6) is -2.97. The van der Waals surface area contributed by atoms with Crippen LogP contribution in [0.15, 0.2) is 36.5 Å². The Bertz CT molecular complexity index is 701. The zero-order chi connectivity index (χ0) is 16.1. The van der Waals surface area contributed by atoms with Gasteiger partial charge in [0.1, 0.15) is 11.6 Å². The number of Topliss-reactive ketones (excluding diaryl/α,β-unsaturated/α-hetero) is 1. The van der Waals surface area contributed by atoms with Crippen LogP contribution < -0.4 is 4.74 Å². The van der Waals surface area contributed by atoms with Crippen molar-refractivity contribution >= 4 is 11.8 Å². The Morgan fingerprint density at radius 2 is 1.95 bits per heavy atom. The predicted octanol–water partition coefficient (Wildman–Crippen LogP) is 2.41. The number of ether oxygens (including phenoxy) is 2. The molecule has 0 spiro atoms. The van der Waals surface area contributed by atoms with E-state index in [0.29, 0.717) is 5.88 Å². The highest BCUT2D eigenvalue weighted by Gasteiger charge is 2.16. The average molecular weight is 307 g/mol. The van der Waals surface area contributed by atoms with Crippen molar-refractivity contribution in [2.24, 2.45) is 0 Å². The van der Waals surface area contributed by atoms with E-state index in [0.717, 1.165) is 18.2 Å². The van der Waals surface area contributed by atoms with Crippen molar-refractivity contribution in [1.82, 2.24) is 4.98 Å². The number of hydrogen-bond donors (Lipinski definition) is 0. The number of aromatic nitrogens is 1. The lowest BCUT2D eigenvalue weighted by molar-refractivity contribution is 0.0473. The van der Waals surface area contributed by atoms with E-state index in [4.69, 9.17) is 9.47 Å². The highest BCUT2D eigenvalue weighted by atomic mass is 19.1. The summed E-state index contributed by atoms with van der Waals surface area (Å²) in [6.45, 7) is -0.703. The van der Waals surface area contributed by atoms with Gasteiger partial charge in [0.25, 0.3) is 0 Å². The molecule has 0 aliphatic rings. The van der Waals surface area contributed by atoms with Crippen LogP contribution in [0, 0.1) is 11.6 Å². The first-order valence-electron chi connectivity index (χ1n) is 6.16. The normalized spacial score (nSPS) is 10.1. The second-order valence-electron chi connectivity index (χ2n) is 4.21. The summed E-state index contributed by atoms with van der Waals surface area (Å²) >= 11 is 0. The molecule has 0 saturated carbocycles. The van der Waals surface area contributed by atoms with E-state index in [2.05, 4.69) is 4.98 Å². The zero-order valence-electron chi connectivity index (χ0n) is 11.5. The Morgan fingerprint density at radius 3 is 2.59 bits per heavy atom. The van der Waals surface area contributed by atoms with E-state index in [-0.39, 0.29) is 5.56 Å². The number of pyridine rings is 1. The van der Waals surface area contributed by atoms with Crippen molar-refractivity contribution in [2.45, 2.75) is 0 Å². The average Bonchev–Trinajstić information content (AvgIpc) is 2.54. The van der Waals surface area contributed by atoms with Gasteiger partial charge in [0.05, 0.1) is 18.2 Å². The Hall–Kier alpha value is -2.83. The number of rotatable bonds is 5. The van der Waals surface area contributed by atoms with Crippen molar-refractivity contribution < 1.29 is 27.8 Å². The fourth-order valence-electron chi connectivity index (χ4n) is 1.63. The summed E-state index contributed by atoms with van der Waals surface area (Å²) in [5, 5.41) is 0. The summed E-state index contributed by atoms with van der Waals surface area (Å²) in [6.07, 6.45) is 1.22. The molecule has 0 aliphatic carbocycles. The molecule has 0 amide bonds. The maximum atomic E-state index is 13.4. The van der Waals surface area contributed by atoms with Gasteiger partial charge in [-0.25, -0.2) is 18.6 Å². The first kappa shape index (κ1) is 15.6. The molecule has 0 radical (unpaired) electrons. The van der Waals surface area contributed by atoms with Gasteiger partial charge in [0, 0.05) is 12.3 Å². The first-order valence-corrected chi connectivity index (χ1v) is 6.16. The molecule has 22 heavy (non-hydrogen) atoms. The van der Waals surface area contributed by atoms with E-state index >= 15 is 0 Å². The minimum absolute atomic E-state index is 0.105. The molecule has 114 valence electrons. The number of benzene rings is 1. The number of esters is 1. The molecule has 0 aliphatic heterocycles. The van der Waals surface area contributed by atoms with E-state index in [1.165, 1.54) is 25.4 Å². The van der Waals surface area contributed by atoms with Gasteiger partial charge >= 0.3 is 5.97 Å². The standard InChI is InChI=1S/C15H11F2NO4/c1-21-14-5-2-9(7-18-14)15(20)22-8-13(19)11-6-10(16)3-4-12(11)17/h2-7H,8H2,1H3. The lowest BCUT2D eigenvalue weighted by Gasteiger charge is -2.05. The van der Waals surface area contributed by atoms with Gasteiger partial charge < -0.3 is 9.47 Å². The minimum atomic E-state index is -0.881. The van der Waals surface area contributed by atoms with Gasteiger partial charge in [0.15, 0.2) is 6.61 Å². The van der Waals surface area contributed by atoms with Gasteiger partial charge in [-0.1, -0.05) is 0 Å². The molecule has 7 heteroatoms. The molecule has 0 atom stereocenters. The van der Waals surface area contributed by atoms with Gasteiger partial charge in [-0.05, 0) is 24.3 Å². The van der Waals surface area contributed by atoms with Crippen LogP contribution in [0.25, 0.3) is 0 Å². The third kappa shape index (κ3) is 3.63. The van der Waals surface area contributed by atoms with Gasteiger partial charge in [-0.15, -0.1) is 0 Å². The van der Waals surface area contributed by atoms with Gasteiger partial charge in [-0.3, -0.25) is 4.79 Å². The number of methoxy groups -OCH3 is 1. The molecule has 0 bridgehead atoms. The predicted molar refractivity (Wildman–Crippen MR) is 71.8 cm³/mol.